The van der Waals surface area contributed by atoms with Gasteiger partial charge < -0.3 is 10.4 Å². The lowest BCUT2D eigenvalue weighted by Crippen LogP contribution is -2.36. The van der Waals surface area contributed by atoms with E-state index in [-0.39, 0.29) is 12.2 Å². The summed E-state index contributed by atoms with van der Waals surface area (Å²) in [6.45, 7) is 1.91. The highest BCUT2D eigenvalue weighted by Gasteiger charge is 2.21. The molecule has 1 aromatic rings. The Morgan fingerprint density at radius 3 is 2.83 bits per heavy atom. The van der Waals surface area contributed by atoms with E-state index in [1.807, 2.05) is 6.26 Å². The van der Waals surface area contributed by atoms with Crippen molar-refractivity contribution in [2.75, 3.05) is 23.9 Å². The van der Waals surface area contributed by atoms with Crippen molar-refractivity contribution in [1.29, 1.82) is 0 Å². The number of nitrogens with one attached hydrogen (secondary N) is 1. The SMILES string of the molecule is CSCC(C)(O)CNc1ccc(Cl)cc1[N+](=O)[O-]. The quantitative estimate of drug-likeness (QED) is 0.622. The topological polar surface area (TPSA) is 75.4 Å². The predicted molar refractivity (Wildman–Crippen MR) is 75.6 cm³/mol. The lowest BCUT2D eigenvalue weighted by atomic mass is 10.1. The minimum Gasteiger partial charge on any atom is -0.387 e. The molecule has 0 fully saturated rings. The number of halogens is 1. The largest absolute Gasteiger partial charge is 0.387 e. The Kier molecular flexibility index (Phi) is 5.25. The normalized spacial score (nSPS) is 14.0. The van der Waals surface area contributed by atoms with Crippen molar-refractivity contribution in [1.82, 2.24) is 0 Å². The minimum absolute atomic E-state index is 0.0950. The van der Waals surface area contributed by atoms with Crippen LogP contribution in [0.4, 0.5) is 11.4 Å². The summed E-state index contributed by atoms with van der Waals surface area (Å²) in [7, 11) is 0. The summed E-state index contributed by atoms with van der Waals surface area (Å²) in [6.07, 6.45) is 1.89. The minimum atomic E-state index is -0.924. The maximum atomic E-state index is 10.9. The van der Waals surface area contributed by atoms with Gasteiger partial charge in [0.05, 0.1) is 10.5 Å². The van der Waals surface area contributed by atoms with Crippen LogP contribution in [-0.2, 0) is 0 Å². The summed E-state index contributed by atoms with van der Waals surface area (Å²) in [5.41, 5.74) is -0.666. The molecule has 1 unspecified atom stereocenters. The van der Waals surface area contributed by atoms with Gasteiger partial charge in [0.15, 0.2) is 0 Å². The molecule has 1 atom stereocenters. The van der Waals surface area contributed by atoms with Crippen LogP contribution in [0.25, 0.3) is 0 Å². The molecule has 100 valence electrons. The molecular formula is C11H15ClN2O3S. The summed E-state index contributed by atoms with van der Waals surface area (Å²) < 4.78 is 0. The van der Waals surface area contributed by atoms with Crippen molar-refractivity contribution < 1.29 is 10.0 Å². The Bertz CT molecular complexity index is 440. The van der Waals surface area contributed by atoms with E-state index in [0.29, 0.717) is 16.5 Å². The molecule has 0 aromatic heterocycles. The maximum Gasteiger partial charge on any atom is 0.293 e. The van der Waals surface area contributed by atoms with Crippen molar-refractivity contribution in [3.63, 3.8) is 0 Å². The summed E-state index contributed by atoms with van der Waals surface area (Å²) in [5.74, 6) is 0.543. The van der Waals surface area contributed by atoms with Gasteiger partial charge in [0.1, 0.15) is 5.69 Å². The van der Waals surface area contributed by atoms with Crippen LogP contribution in [0, 0.1) is 10.1 Å². The van der Waals surface area contributed by atoms with Crippen LogP contribution < -0.4 is 5.32 Å². The summed E-state index contributed by atoms with van der Waals surface area (Å²) in [6, 6.07) is 4.39. The zero-order chi connectivity index (χ0) is 13.8. The van der Waals surface area contributed by atoms with Gasteiger partial charge >= 0.3 is 0 Å². The zero-order valence-corrected chi connectivity index (χ0v) is 11.7. The fraction of sp³-hybridized carbons (Fsp3) is 0.455. The molecule has 1 rings (SSSR count). The second-order valence-corrected chi connectivity index (χ2v) is 5.50. The Labute approximate surface area is 115 Å². The molecule has 0 amide bonds. The maximum absolute atomic E-state index is 10.9. The molecule has 0 heterocycles. The number of nitro benzene ring substituents is 1. The third-order valence-corrected chi connectivity index (χ3v) is 3.42. The number of hydrogen-bond donors (Lipinski definition) is 2. The van der Waals surface area contributed by atoms with Crippen LogP contribution in [-0.4, -0.2) is 34.2 Å². The molecule has 0 spiro atoms. The molecule has 0 saturated carbocycles. The Balaban J connectivity index is 2.82. The second-order valence-electron chi connectivity index (χ2n) is 4.20. The van der Waals surface area contributed by atoms with Gasteiger partial charge in [0.2, 0.25) is 0 Å². The number of aliphatic hydroxyl groups is 1. The molecule has 0 radical (unpaired) electrons. The van der Waals surface area contributed by atoms with Crippen LogP contribution in [0.1, 0.15) is 6.92 Å². The van der Waals surface area contributed by atoms with Gasteiger partial charge in [-0.2, -0.15) is 11.8 Å². The molecule has 0 bridgehead atoms. The van der Waals surface area contributed by atoms with Crippen molar-refractivity contribution in [2.45, 2.75) is 12.5 Å². The van der Waals surface area contributed by atoms with Gasteiger partial charge in [-0.15, -0.1) is 0 Å². The number of benzene rings is 1. The molecule has 5 nitrogen and oxygen atoms in total. The fourth-order valence-corrected chi connectivity index (χ4v) is 2.34. The number of nitro groups is 1. The average molecular weight is 291 g/mol. The highest BCUT2D eigenvalue weighted by atomic mass is 35.5. The average Bonchev–Trinajstić information content (AvgIpc) is 2.27. The number of thioether (sulfide) groups is 1. The van der Waals surface area contributed by atoms with E-state index in [4.69, 9.17) is 11.6 Å². The highest BCUT2D eigenvalue weighted by Crippen LogP contribution is 2.28. The molecule has 0 saturated heterocycles. The van der Waals surface area contributed by atoms with Crippen molar-refractivity contribution in [2.24, 2.45) is 0 Å². The standard InChI is InChI=1S/C11H15ClN2O3S/c1-11(15,7-18-2)6-13-9-4-3-8(12)5-10(9)14(16)17/h3-5,13,15H,6-7H2,1-2H3. The van der Waals surface area contributed by atoms with E-state index in [0.717, 1.165) is 0 Å². The summed E-state index contributed by atoms with van der Waals surface area (Å²) in [4.78, 5) is 10.4. The van der Waals surface area contributed by atoms with E-state index < -0.39 is 10.5 Å². The van der Waals surface area contributed by atoms with Gasteiger partial charge in [-0.3, -0.25) is 10.1 Å². The van der Waals surface area contributed by atoms with E-state index in [1.165, 1.54) is 23.9 Å². The van der Waals surface area contributed by atoms with E-state index in [1.54, 1.807) is 13.0 Å². The second kappa shape index (κ2) is 6.26. The van der Waals surface area contributed by atoms with Crippen LogP contribution in [0.2, 0.25) is 5.02 Å². The number of hydrogen-bond acceptors (Lipinski definition) is 5. The van der Waals surface area contributed by atoms with E-state index >= 15 is 0 Å². The molecule has 7 heteroatoms. The first kappa shape index (κ1) is 15.1. The van der Waals surface area contributed by atoms with Crippen LogP contribution in [0.5, 0.6) is 0 Å². The van der Waals surface area contributed by atoms with Crippen LogP contribution >= 0.6 is 23.4 Å². The van der Waals surface area contributed by atoms with Gasteiger partial charge in [0, 0.05) is 23.4 Å². The zero-order valence-electron chi connectivity index (χ0n) is 10.1. The lowest BCUT2D eigenvalue weighted by molar-refractivity contribution is -0.383. The molecule has 0 aliphatic carbocycles. The first-order valence-electron chi connectivity index (χ1n) is 5.25. The highest BCUT2D eigenvalue weighted by molar-refractivity contribution is 7.98. The smallest absolute Gasteiger partial charge is 0.293 e. The number of anilines is 1. The van der Waals surface area contributed by atoms with Gasteiger partial charge in [0.25, 0.3) is 5.69 Å². The molecule has 1 aromatic carbocycles. The lowest BCUT2D eigenvalue weighted by Gasteiger charge is -2.23. The molecule has 0 aliphatic rings. The van der Waals surface area contributed by atoms with Gasteiger partial charge in [-0.1, -0.05) is 11.6 Å². The summed E-state index contributed by atoms with van der Waals surface area (Å²) >= 11 is 7.23. The third-order valence-electron chi connectivity index (χ3n) is 2.27. The fourth-order valence-electron chi connectivity index (χ4n) is 1.45. The third kappa shape index (κ3) is 4.36. The molecule has 2 N–H and O–H groups in total. The Hall–Kier alpha value is -0.980. The molecular weight excluding hydrogens is 276 g/mol. The van der Waals surface area contributed by atoms with Crippen molar-refractivity contribution >= 4 is 34.7 Å². The van der Waals surface area contributed by atoms with E-state index in [2.05, 4.69) is 5.32 Å². The van der Waals surface area contributed by atoms with Crippen molar-refractivity contribution in [3.8, 4) is 0 Å². The number of nitrogens with zero attached hydrogens (tertiary/aromatic N) is 1. The van der Waals surface area contributed by atoms with Gasteiger partial charge in [-0.25, -0.2) is 0 Å². The Morgan fingerprint density at radius 2 is 2.28 bits per heavy atom. The van der Waals surface area contributed by atoms with E-state index in [9.17, 15) is 15.2 Å². The predicted octanol–water partition coefficient (Wildman–Crippen LogP) is 2.77. The molecule has 0 aliphatic heterocycles. The monoisotopic (exact) mass is 290 g/mol. The number of rotatable bonds is 6. The first-order chi connectivity index (χ1) is 8.35. The first-order valence-corrected chi connectivity index (χ1v) is 7.02. The van der Waals surface area contributed by atoms with Gasteiger partial charge in [-0.05, 0) is 25.3 Å². The van der Waals surface area contributed by atoms with Crippen molar-refractivity contribution in [3.05, 3.63) is 33.3 Å². The van der Waals surface area contributed by atoms with Crippen LogP contribution in [0.3, 0.4) is 0 Å². The summed E-state index contributed by atoms with van der Waals surface area (Å²) in [5, 5.41) is 24.0. The Morgan fingerprint density at radius 1 is 1.61 bits per heavy atom. The van der Waals surface area contributed by atoms with Crippen LogP contribution in [0.15, 0.2) is 18.2 Å². The molecule has 18 heavy (non-hydrogen) atoms.